The van der Waals surface area contributed by atoms with E-state index in [0.717, 1.165) is 18.8 Å². The smallest absolute Gasteiger partial charge is 0.346 e. The minimum atomic E-state index is -0.295. The molecule has 2 N–H and O–H groups in total. The molecule has 0 bridgehead atoms. The highest BCUT2D eigenvalue weighted by Crippen LogP contribution is 2.10. The van der Waals surface area contributed by atoms with Crippen molar-refractivity contribution >= 4 is 5.82 Å². The average molecular weight is 362 g/mol. The first kappa shape index (κ1) is 22.5. The normalized spacial score (nSPS) is 11.3. The van der Waals surface area contributed by atoms with Gasteiger partial charge in [-0.25, -0.2) is 9.78 Å². The number of H-pyrrole nitrogens is 1. The van der Waals surface area contributed by atoms with Crippen molar-refractivity contribution in [3.63, 3.8) is 0 Å². The molecule has 4 heteroatoms. The molecule has 0 amide bonds. The van der Waals surface area contributed by atoms with Crippen LogP contribution in [0.2, 0.25) is 0 Å². The van der Waals surface area contributed by atoms with Crippen molar-refractivity contribution < 1.29 is 0 Å². The van der Waals surface area contributed by atoms with Crippen LogP contribution in [0.5, 0.6) is 0 Å². The van der Waals surface area contributed by atoms with Gasteiger partial charge in [-0.1, -0.05) is 76.9 Å². The lowest BCUT2D eigenvalue weighted by Gasteiger charge is -2.05. The molecular weight excluding hydrogens is 322 g/mol. The van der Waals surface area contributed by atoms with Crippen LogP contribution in [-0.4, -0.2) is 16.5 Å². The van der Waals surface area contributed by atoms with Gasteiger partial charge in [-0.2, -0.15) is 0 Å². The van der Waals surface area contributed by atoms with Crippen LogP contribution in [0, 0.1) is 0 Å². The largest absolute Gasteiger partial charge is 0.371 e. The van der Waals surface area contributed by atoms with Crippen LogP contribution >= 0.6 is 0 Å². The molecule has 0 aliphatic carbocycles. The van der Waals surface area contributed by atoms with E-state index < -0.39 is 0 Å². The van der Waals surface area contributed by atoms with Crippen LogP contribution in [-0.2, 0) is 0 Å². The second-order valence-electron chi connectivity index (χ2n) is 7.15. The van der Waals surface area contributed by atoms with Gasteiger partial charge >= 0.3 is 5.69 Å². The van der Waals surface area contributed by atoms with Crippen LogP contribution in [0.1, 0.15) is 96.8 Å². The highest BCUT2D eigenvalue weighted by molar-refractivity contribution is 5.31. The molecule has 0 aliphatic rings. The van der Waals surface area contributed by atoms with Gasteiger partial charge in [0.25, 0.3) is 0 Å². The monoisotopic (exact) mass is 361 g/mol. The zero-order valence-corrected chi connectivity index (χ0v) is 16.8. The third-order valence-corrected chi connectivity index (χ3v) is 4.68. The van der Waals surface area contributed by atoms with Gasteiger partial charge in [-0.3, -0.25) is 4.98 Å². The van der Waals surface area contributed by atoms with Crippen LogP contribution < -0.4 is 11.0 Å². The molecule has 26 heavy (non-hydrogen) atoms. The lowest BCUT2D eigenvalue weighted by Crippen LogP contribution is -2.13. The number of aromatic amines is 1. The fourth-order valence-electron chi connectivity index (χ4n) is 3.07. The van der Waals surface area contributed by atoms with E-state index in [0.29, 0.717) is 0 Å². The number of rotatable bonds is 17. The number of nitrogens with one attached hydrogen (secondary N) is 2. The van der Waals surface area contributed by atoms with E-state index >= 15 is 0 Å². The van der Waals surface area contributed by atoms with Gasteiger partial charge in [-0.15, -0.1) is 0 Å². The van der Waals surface area contributed by atoms with Crippen molar-refractivity contribution in [2.45, 2.75) is 96.8 Å². The van der Waals surface area contributed by atoms with Gasteiger partial charge in [-0.05, 0) is 38.2 Å². The molecule has 0 spiro atoms. The van der Waals surface area contributed by atoms with E-state index in [-0.39, 0.29) is 5.69 Å². The number of anilines is 1. The molecule has 1 aromatic rings. The maximum atomic E-state index is 11.1. The Bertz CT molecular complexity index is 510. The van der Waals surface area contributed by atoms with E-state index in [1.54, 1.807) is 6.07 Å². The summed E-state index contributed by atoms with van der Waals surface area (Å²) < 4.78 is 0. The first-order valence-electron chi connectivity index (χ1n) is 10.8. The van der Waals surface area contributed by atoms with Gasteiger partial charge < -0.3 is 5.32 Å². The summed E-state index contributed by atoms with van der Waals surface area (Å²) >= 11 is 0. The molecule has 0 radical (unpaired) electrons. The van der Waals surface area contributed by atoms with Crippen molar-refractivity contribution in [1.82, 2.24) is 9.97 Å². The topological polar surface area (TPSA) is 57.8 Å². The molecule has 0 aromatic carbocycles. The number of hydrogen-bond acceptors (Lipinski definition) is 3. The van der Waals surface area contributed by atoms with E-state index in [1.807, 2.05) is 0 Å². The number of nitrogens with zero attached hydrogens (tertiary/aromatic N) is 1. The zero-order chi connectivity index (χ0) is 18.7. The molecular formula is C22H39N3O. The molecule has 1 heterocycles. The predicted molar refractivity (Wildman–Crippen MR) is 113 cm³/mol. The standard InChI is InChI=1S/C22H39N3O/c1-2-3-4-5-6-7-8-9-10-11-12-13-14-15-16-17-19-23-21-18-20-24-22(26)25-21/h9-10,18,20H,2-8,11-17,19H2,1H3,(H2,23,24,25,26)/b10-9-. The minimum absolute atomic E-state index is 0.295. The van der Waals surface area contributed by atoms with Crippen LogP contribution in [0.3, 0.4) is 0 Å². The maximum absolute atomic E-state index is 11.1. The Morgan fingerprint density at radius 3 is 2.08 bits per heavy atom. The predicted octanol–water partition coefficient (Wildman–Crippen LogP) is 6.22. The van der Waals surface area contributed by atoms with Gasteiger partial charge in [0.2, 0.25) is 0 Å². The first-order valence-corrected chi connectivity index (χ1v) is 10.8. The Labute approximate surface area is 159 Å². The molecule has 0 atom stereocenters. The van der Waals surface area contributed by atoms with Crippen molar-refractivity contribution in [1.29, 1.82) is 0 Å². The van der Waals surface area contributed by atoms with Crippen LogP contribution in [0.4, 0.5) is 5.82 Å². The molecule has 0 saturated carbocycles. The summed E-state index contributed by atoms with van der Waals surface area (Å²) in [6.45, 7) is 3.18. The van der Waals surface area contributed by atoms with Gasteiger partial charge in [0, 0.05) is 12.7 Å². The highest BCUT2D eigenvalue weighted by Gasteiger charge is 1.94. The molecule has 1 aromatic heterocycles. The van der Waals surface area contributed by atoms with E-state index in [4.69, 9.17) is 0 Å². The quantitative estimate of drug-likeness (QED) is 0.256. The van der Waals surface area contributed by atoms with Crippen molar-refractivity contribution in [3.05, 3.63) is 34.9 Å². The average Bonchev–Trinajstić information content (AvgIpc) is 2.64. The van der Waals surface area contributed by atoms with Crippen molar-refractivity contribution in [2.24, 2.45) is 0 Å². The van der Waals surface area contributed by atoms with Gasteiger partial charge in [0.05, 0.1) is 0 Å². The second-order valence-corrected chi connectivity index (χ2v) is 7.15. The summed E-state index contributed by atoms with van der Waals surface area (Å²) in [4.78, 5) is 17.4. The Hall–Kier alpha value is -1.58. The lowest BCUT2D eigenvalue weighted by atomic mass is 10.1. The summed E-state index contributed by atoms with van der Waals surface area (Å²) in [5.41, 5.74) is -0.295. The van der Waals surface area contributed by atoms with Crippen LogP contribution in [0.15, 0.2) is 29.2 Å². The highest BCUT2D eigenvalue weighted by atomic mass is 16.1. The Morgan fingerprint density at radius 2 is 1.46 bits per heavy atom. The molecule has 0 fully saturated rings. The summed E-state index contributed by atoms with van der Waals surface area (Å²) in [6, 6.07) is 1.79. The zero-order valence-electron chi connectivity index (χ0n) is 16.8. The summed E-state index contributed by atoms with van der Waals surface area (Å²) in [7, 11) is 0. The summed E-state index contributed by atoms with van der Waals surface area (Å²) in [6.07, 6.45) is 24.8. The van der Waals surface area contributed by atoms with E-state index in [1.165, 1.54) is 89.7 Å². The fourth-order valence-corrected chi connectivity index (χ4v) is 3.07. The third kappa shape index (κ3) is 13.7. The third-order valence-electron chi connectivity index (χ3n) is 4.68. The van der Waals surface area contributed by atoms with Gasteiger partial charge in [0.1, 0.15) is 5.82 Å². The fraction of sp³-hybridized carbons (Fsp3) is 0.727. The SMILES string of the molecule is CCCCCCCC/C=C\CCCCCCCCNc1ccnc(=O)[nH]1. The van der Waals surface area contributed by atoms with E-state index in [2.05, 4.69) is 34.4 Å². The maximum Gasteiger partial charge on any atom is 0.346 e. The number of aromatic nitrogens is 2. The summed E-state index contributed by atoms with van der Waals surface area (Å²) in [5, 5.41) is 3.23. The molecule has 4 nitrogen and oxygen atoms in total. The molecule has 0 aliphatic heterocycles. The van der Waals surface area contributed by atoms with Gasteiger partial charge in [0.15, 0.2) is 0 Å². The molecule has 148 valence electrons. The Balaban J connectivity index is 1.79. The minimum Gasteiger partial charge on any atom is -0.371 e. The lowest BCUT2D eigenvalue weighted by molar-refractivity contribution is 0.602. The second kappa shape index (κ2) is 16.9. The Kier molecular flexibility index (Phi) is 14.6. The summed E-state index contributed by atoms with van der Waals surface area (Å²) in [5.74, 6) is 0.762. The van der Waals surface area contributed by atoms with E-state index in [9.17, 15) is 4.79 Å². The van der Waals surface area contributed by atoms with Crippen molar-refractivity contribution in [2.75, 3.05) is 11.9 Å². The number of unbranched alkanes of at least 4 members (excludes halogenated alkanes) is 12. The molecule has 0 saturated heterocycles. The first-order chi connectivity index (χ1) is 12.8. The Morgan fingerprint density at radius 1 is 0.885 bits per heavy atom. The number of allylic oxidation sites excluding steroid dienone is 2. The molecule has 1 rings (SSSR count). The van der Waals surface area contributed by atoms with Crippen LogP contribution in [0.25, 0.3) is 0 Å². The van der Waals surface area contributed by atoms with Crippen molar-refractivity contribution in [3.8, 4) is 0 Å². The molecule has 0 unspecified atom stereocenters. The number of hydrogen-bond donors (Lipinski definition) is 2.